The van der Waals surface area contributed by atoms with E-state index in [0.717, 1.165) is 0 Å². The van der Waals surface area contributed by atoms with Crippen molar-refractivity contribution in [3.05, 3.63) is 35.9 Å². The second kappa shape index (κ2) is 29.1. The Balaban J connectivity index is 1.69. The van der Waals surface area contributed by atoms with E-state index >= 15 is 0 Å². The van der Waals surface area contributed by atoms with E-state index in [-0.39, 0.29) is 13.2 Å². The van der Waals surface area contributed by atoms with Crippen molar-refractivity contribution in [1.29, 1.82) is 0 Å². The van der Waals surface area contributed by atoms with Crippen molar-refractivity contribution in [2.75, 3.05) is 126 Å². The fraction of sp³-hybridized carbons (Fsp3) is 0.655. The third kappa shape index (κ3) is 23.9. The monoisotopic (exact) mass is 584 g/mol. The summed E-state index contributed by atoms with van der Waals surface area (Å²) < 4.78 is 53.1. The van der Waals surface area contributed by atoms with E-state index in [1.54, 1.807) is 30.3 Å². The smallest absolute Gasteiger partial charge is 0.379 e. The zero-order valence-electron chi connectivity index (χ0n) is 23.8. The van der Waals surface area contributed by atoms with Gasteiger partial charge in [-0.1, -0.05) is 36.3 Å². The molecule has 0 unspecified atom stereocenters. The first-order valence-corrected chi connectivity index (χ1v) is 13.7. The predicted molar refractivity (Wildman–Crippen MR) is 148 cm³/mol. The van der Waals surface area contributed by atoms with Gasteiger partial charge in [0, 0.05) is 5.56 Å². The first-order valence-electron chi connectivity index (χ1n) is 13.7. The zero-order chi connectivity index (χ0) is 29.5. The van der Waals surface area contributed by atoms with Gasteiger partial charge in [-0.2, -0.15) is 0 Å². The van der Waals surface area contributed by atoms with Crippen LogP contribution in [0.25, 0.3) is 0 Å². The first-order chi connectivity index (χ1) is 20.3. The number of Topliss-reactive ketones (excluding diaryl/α,β-unsaturated/α-hetero) is 1. The molecule has 0 amide bonds. The summed E-state index contributed by atoms with van der Waals surface area (Å²) in [7, 11) is 0. The minimum atomic E-state index is -0.897. The van der Waals surface area contributed by atoms with Crippen molar-refractivity contribution >= 4 is 11.8 Å². The summed E-state index contributed by atoms with van der Waals surface area (Å²) in [5, 5.41) is 0. The molecule has 1 rings (SSSR count). The number of benzene rings is 1. The molecular formula is C29H44O12. The summed E-state index contributed by atoms with van der Waals surface area (Å²) in [6.07, 6.45) is 5.07. The largest absolute Gasteiger partial charge is 0.457 e. The molecule has 0 aromatic heterocycles. The van der Waals surface area contributed by atoms with Gasteiger partial charge < -0.3 is 47.4 Å². The number of esters is 1. The maximum absolute atomic E-state index is 11.9. The highest BCUT2D eigenvalue weighted by Crippen LogP contribution is 2.01. The van der Waals surface area contributed by atoms with E-state index in [1.165, 1.54) is 0 Å². The number of ether oxygens (including phenoxy) is 10. The molecule has 0 spiro atoms. The molecule has 0 heterocycles. The highest BCUT2D eigenvalue weighted by molar-refractivity contribution is 6.40. The molecule has 41 heavy (non-hydrogen) atoms. The summed E-state index contributed by atoms with van der Waals surface area (Å²) in [6.45, 7) is 7.89. The van der Waals surface area contributed by atoms with Crippen LogP contribution in [0.15, 0.2) is 30.3 Å². The van der Waals surface area contributed by atoms with Crippen LogP contribution in [-0.2, 0) is 52.2 Å². The maximum Gasteiger partial charge on any atom is 0.379 e. The van der Waals surface area contributed by atoms with Crippen LogP contribution < -0.4 is 0 Å². The Bertz CT molecular complexity index is 784. The highest BCUT2D eigenvalue weighted by atomic mass is 16.6. The lowest BCUT2D eigenvalue weighted by Gasteiger charge is -2.09. The Morgan fingerprint density at radius 2 is 0.805 bits per heavy atom. The van der Waals surface area contributed by atoms with Crippen molar-refractivity contribution in [3.63, 3.8) is 0 Å². The summed E-state index contributed by atoms with van der Waals surface area (Å²) in [5.41, 5.74) is 0.296. The van der Waals surface area contributed by atoms with Crippen LogP contribution in [0.1, 0.15) is 10.4 Å². The van der Waals surface area contributed by atoms with Crippen LogP contribution in [0.2, 0.25) is 0 Å². The third-order valence-corrected chi connectivity index (χ3v) is 4.84. The van der Waals surface area contributed by atoms with Gasteiger partial charge >= 0.3 is 5.97 Å². The molecule has 0 saturated heterocycles. The van der Waals surface area contributed by atoms with E-state index in [2.05, 4.69) is 5.92 Å². The molecule has 1 aromatic rings. The Kier molecular flexibility index (Phi) is 25.9. The van der Waals surface area contributed by atoms with Crippen molar-refractivity contribution in [3.8, 4) is 12.3 Å². The molecule has 1 aromatic carbocycles. The van der Waals surface area contributed by atoms with Crippen molar-refractivity contribution in [1.82, 2.24) is 0 Å². The van der Waals surface area contributed by atoms with Gasteiger partial charge in [0.1, 0.15) is 13.2 Å². The molecule has 12 heteroatoms. The molecule has 232 valence electrons. The quantitative estimate of drug-likeness (QED) is 0.0424. The minimum Gasteiger partial charge on any atom is -0.457 e. The molecule has 0 bridgehead atoms. The molecule has 0 fully saturated rings. The molecule has 0 aliphatic rings. The number of terminal acetylenes is 1. The average molecular weight is 585 g/mol. The molecule has 0 aliphatic heterocycles. The number of hydrogen-bond acceptors (Lipinski definition) is 12. The van der Waals surface area contributed by atoms with Gasteiger partial charge in [0.2, 0.25) is 0 Å². The van der Waals surface area contributed by atoms with E-state index in [4.69, 9.17) is 53.8 Å². The summed E-state index contributed by atoms with van der Waals surface area (Å²) in [5.74, 6) is 0.817. The summed E-state index contributed by atoms with van der Waals surface area (Å²) in [6, 6.07) is 8.25. The van der Waals surface area contributed by atoms with Crippen LogP contribution >= 0.6 is 0 Å². The topological polar surface area (TPSA) is 126 Å². The van der Waals surface area contributed by atoms with Gasteiger partial charge in [-0.05, 0) is 0 Å². The van der Waals surface area contributed by atoms with Crippen LogP contribution in [0.4, 0.5) is 0 Å². The number of hydrogen-bond donors (Lipinski definition) is 0. The number of rotatable bonds is 30. The molecule has 0 aliphatic carbocycles. The van der Waals surface area contributed by atoms with E-state index < -0.39 is 11.8 Å². The Labute approximate surface area is 242 Å². The minimum absolute atomic E-state index is 0.00149. The number of carbonyl (C=O) groups is 2. The maximum atomic E-state index is 11.9. The predicted octanol–water partition coefficient (Wildman–Crippen LogP) is 1.20. The second-order valence-electron chi connectivity index (χ2n) is 7.99. The molecule has 12 nitrogen and oxygen atoms in total. The van der Waals surface area contributed by atoms with E-state index in [9.17, 15) is 9.59 Å². The Hall–Kier alpha value is -2.44. The molecule has 0 radical (unpaired) electrons. The van der Waals surface area contributed by atoms with E-state index in [0.29, 0.717) is 118 Å². The fourth-order valence-corrected chi connectivity index (χ4v) is 2.86. The SMILES string of the molecule is C#CCOCCOCCOCCOCCOCCOCCOCCOCCOCCOC(=O)C(=O)c1ccccc1. The van der Waals surface area contributed by atoms with Gasteiger partial charge in [-0.3, -0.25) is 4.79 Å². The van der Waals surface area contributed by atoms with Gasteiger partial charge in [-0.15, -0.1) is 6.42 Å². The Morgan fingerprint density at radius 3 is 1.15 bits per heavy atom. The van der Waals surface area contributed by atoms with Crippen LogP contribution in [0.3, 0.4) is 0 Å². The highest BCUT2D eigenvalue weighted by Gasteiger charge is 2.17. The van der Waals surface area contributed by atoms with E-state index in [1.807, 2.05) is 0 Å². The van der Waals surface area contributed by atoms with Gasteiger partial charge in [0.25, 0.3) is 5.78 Å². The molecule has 0 N–H and O–H groups in total. The van der Waals surface area contributed by atoms with Crippen molar-refractivity contribution < 1.29 is 57.0 Å². The molecule has 0 atom stereocenters. The first kappa shape index (κ1) is 36.6. The van der Waals surface area contributed by atoms with Crippen molar-refractivity contribution in [2.45, 2.75) is 0 Å². The lowest BCUT2D eigenvalue weighted by Crippen LogP contribution is -2.20. The van der Waals surface area contributed by atoms with Gasteiger partial charge in [0.15, 0.2) is 0 Å². The Morgan fingerprint density at radius 1 is 0.488 bits per heavy atom. The lowest BCUT2D eigenvalue weighted by atomic mass is 10.1. The van der Waals surface area contributed by atoms with Crippen LogP contribution in [0.5, 0.6) is 0 Å². The van der Waals surface area contributed by atoms with Crippen LogP contribution in [0, 0.1) is 12.3 Å². The van der Waals surface area contributed by atoms with Gasteiger partial charge in [-0.25, -0.2) is 4.79 Å². The zero-order valence-corrected chi connectivity index (χ0v) is 23.8. The average Bonchev–Trinajstić information content (AvgIpc) is 3.00. The lowest BCUT2D eigenvalue weighted by molar-refractivity contribution is -0.139. The molecular weight excluding hydrogens is 540 g/mol. The standard InChI is InChI=1S/C29H44O12/c1-2-8-32-9-10-33-11-12-34-13-14-35-15-16-36-17-18-37-19-20-38-21-22-39-23-24-40-25-26-41-29(31)28(30)27-6-4-3-5-7-27/h1,3-7H,8-26H2. The van der Waals surface area contributed by atoms with Crippen molar-refractivity contribution in [2.24, 2.45) is 0 Å². The number of carbonyl (C=O) groups excluding carboxylic acids is 2. The normalized spacial score (nSPS) is 10.9. The molecule has 0 saturated carbocycles. The van der Waals surface area contributed by atoms with Crippen LogP contribution in [-0.4, -0.2) is 137 Å². The third-order valence-electron chi connectivity index (χ3n) is 4.84. The second-order valence-corrected chi connectivity index (χ2v) is 7.99. The summed E-state index contributed by atoms with van der Waals surface area (Å²) >= 11 is 0. The fourth-order valence-electron chi connectivity index (χ4n) is 2.86. The van der Waals surface area contributed by atoms with Gasteiger partial charge in [0.05, 0.1) is 112 Å². The summed E-state index contributed by atoms with van der Waals surface area (Å²) in [4.78, 5) is 23.6. The number of ketones is 1.